The molecule has 0 heterocycles. The van der Waals surface area contributed by atoms with E-state index >= 15 is 0 Å². The first-order chi connectivity index (χ1) is 14.8. The minimum atomic E-state index is -0.764. The molecule has 0 aromatic heterocycles. The van der Waals surface area contributed by atoms with E-state index in [9.17, 15) is 9.59 Å². The molecule has 3 aromatic rings. The van der Waals surface area contributed by atoms with E-state index in [1.165, 1.54) is 0 Å². The van der Waals surface area contributed by atoms with Gasteiger partial charge >= 0.3 is 0 Å². The molecule has 2 N–H and O–H groups in total. The Morgan fingerprint density at radius 2 is 1.58 bits per heavy atom. The number of anilines is 1. The topological polar surface area (TPSA) is 67.4 Å². The summed E-state index contributed by atoms with van der Waals surface area (Å²) in [5.41, 5.74) is 3.57. The van der Waals surface area contributed by atoms with Gasteiger partial charge in [-0.05, 0) is 61.7 Å². The predicted molar refractivity (Wildman–Crippen MR) is 124 cm³/mol. The van der Waals surface area contributed by atoms with E-state index in [0.29, 0.717) is 28.6 Å². The summed E-state index contributed by atoms with van der Waals surface area (Å²) in [6.07, 6.45) is -0.764. The lowest BCUT2D eigenvalue weighted by atomic mass is 10.1. The lowest BCUT2D eigenvalue weighted by Gasteiger charge is -2.17. The number of carbonyl (C=O) groups is 2. The fraction of sp³-hybridized carbons (Fsp3) is 0.200. The van der Waals surface area contributed by atoms with Crippen LogP contribution in [0.2, 0.25) is 5.02 Å². The maximum absolute atomic E-state index is 12.7. The minimum absolute atomic E-state index is 0.266. The van der Waals surface area contributed by atoms with E-state index in [2.05, 4.69) is 10.6 Å². The largest absolute Gasteiger partial charge is 0.481 e. The van der Waals surface area contributed by atoms with E-state index in [1.807, 2.05) is 44.2 Å². The second kappa shape index (κ2) is 10.1. The summed E-state index contributed by atoms with van der Waals surface area (Å²) >= 11 is 6.20. The highest BCUT2D eigenvalue weighted by Gasteiger charge is 2.19. The molecule has 3 aromatic carbocycles. The molecule has 0 unspecified atom stereocenters. The molecule has 31 heavy (non-hydrogen) atoms. The molecule has 2 amide bonds. The highest BCUT2D eigenvalue weighted by Crippen LogP contribution is 2.26. The number of benzene rings is 3. The number of hydrogen-bond donors (Lipinski definition) is 2. The molecule has 3 rings (SSSR count). The van der Waals surface area contributed by atoms with Crippen molar-refractivity contribution in [2.24, 2.45) is 0 Å². The summed E-state index contributed by atoms with van der Waals surface area (Å²) < 4.78 is 5.80. The number of para-hydroxylation sites is 1. The Bertz CT molecular complexity index is 1060. The van der Waals surface area contributed by atoms with Crippen LogP contribution in [0.3, 0.4) is 0 Å². The molecular formula is C25H25ClN2O3. The second-order valence-corrected chi connectivity index (χ2v) is 7.71. The molecule has 6 heteroatoms. The monoisotopic (exact) mass is 436 g/mol. The Labute approximate surface area is 187 Å². The van der Waals surface area contributed by atoms with Gasteiger partial charge in [-0.15, -0.1) is 0 Å². The van der Waals surface area contributed by atoms with Crippen molar-refractivity contribution in [1.29, 1.82) is 0 Å². The Morgan fingerprint density at radius 3 is 2.26 bits per heavy atom. The van der Waals surface area contributed by atoms with Crippen LogP contribution in [0.25, 0.3) is 0 Å². The molecule has 160 valence electrons. The van der Waals surface area contributed by atoms with Gasteiger partial charge in [0.2, 0.25) is 0 Å². The zero-order valence-corrected chi connectivity index (χ0v) is 18.5. The summed E-state index contributed by atoms with van der Waals surface area (Å²) in [6, 6.07) is 20.1. The number of rotatable bonds is 7. The van der Waals surface area contributed by atoms with E-state index in [0.717, 1.165) is 16.7 Å². The third-order valence-corrected chi connectivity index (χ3v) is 5.41. The highest BCUT2D eigenvalue weighted by atomic mass is 35.5. The molecule has 1 atom stereocenters. The summed E-state index contributed by atoms with van der Waals surface area (Å²) in [7, 11) is 0. The maximum Gasteiger partial charge on any atom is 0.265 e. The molecule has 0 bridgehead atoms. The molecule has 0 radical (unpaired) electrons. The van der Waals surface area contributed by atoms with Gasteiger partial charge in [0.1, 0.15) is 5.75 Å². The van der Waals surface area contributed by atoms with Gasteiger partial charge in [0, 0.05) is 11.6 Å². The number of ether oxygens (including phenoxy) is 1. The van der Waals surface area contributed by atoms with Crippen LogP contribution in [0.4, 0.5) is 5.69 Å². The third-order valence-electron chi connectivity index (χ3n) is 4.82. The van der Waals surface area contributed by atoms with Crippen LogP contribution in [0.5, 0.6) is 5.75 Å². The van der Waals surface area contributed by atoms with E-state index in [4.69, 9.17) is 16.3 Å². The molecular weight excluding hydrogens is 412 g/mol. The number of aryl methyl sites for hydroxylation is 2. The smallest absolute Gasteiger partial charge is 0.265 e. The van der Waals surface area contributed by atoms with Crippen LogP contribution in [-0.4, -0.2) is 17.9 Å². The molecule has 0 fully saturated rings. The Balaban J connectivity index is 1.66. The molecule has 0 aliphatic carbocycles. The van der Waals surface area contributed by atoms with Crippen molar-refractivity contribution in [3.05, 3.63) is 94.0 Å². The number of carbonyl (C=O) groups excluding carboxylic acids is 2. The van der Waals surface area contributed by atoms with Crippen molar-refractivity contribution in [1.82, 2.24) is 5.32 Å². The van der Waals surface area contributed by atoms with Gasteiger partial charge in [-0.25, -0.2) is 0 Å². The summed E-state index contributed by atoms with van der Waals surface area (Å²) in [4.78, 5) is 25.4. The van der Waals surface area contributed by atoms with Crippen LogP contribution in [0.15, 0.2) is 66.7 Å². The summed E-state index contributed by atoms with van der Waals surface area (Å²) in [5, 5.41) is 6.36. The van der Waals surface area contributed by atoms with Gasteiger partial charge in [-0.1, -0.05) is 54.1 Å². The van der Waals surface area contributed by atoms with Crippen LogP contribution < -0.4 is 15.4 Å². The lowest BCUT2D eigenvalue weighted by molar-refractivity contribution is -0.122. The van der Waals surface area contributed by atoms with Crippen LogP contribution in [0, 0.1) is 13.8 Å². The van der Waals surface area contributed by atoms with Crippen molar-refractivity contribution in [3.63, 3.8) is 0 Å². The fourth-order valence-electron chi connectivity index (χ4n) is 3.13. The van der Waals surface area contributed by atoms with E-state index in [1.54, 1.807) is 43.3 Å². The van der Waals surface area contributed by atoms with Crippen LogP contribution in [0.1, 0.15) is 34.0 Å². The number of amides is 2. The number of halogens is 1. The second-order valence-electron chi connectivity index (χ2n) is 7.33. The van der Waals surface area contributed by atoms with Gasteiger partial charge in [-0.2, -0.15) is 0 Å². The van der Waals surface area contributed by atoms with Gasteiger partial charge in [0.05, 0.1) is 11.3 Å². The van der Waals surface area contributed by atoms with Gasteiger partial charge in [0.25, 0.3) is 11.8 Å². The van der Waals surface area contributed by atoms with Crippen molar-refractivity contribution in [2.75, 3.05) is 5.32 Å². The Kier molecular flexibility index (Phi) is 7.32. The standard InChI is InChI=1S/C25H25ClN2O3/c1-16-13-20(14-17(2)23(16)26)31-18(3)24(29)28-22-12-8-7-11-21(22)25(30)27-15-19-9-5-4-6-10-19/h4-14,18H,15H2,1-3H3,(H,27,30)(H,28,29)/t18-/m1/s1. The first-order valence-corrected chi connectivity index (χ1v) is 10.4. The molecule has 0 aliphatic rings. The lowest BCUT2D eigenvalue weighted by Crippen LogP contribution is -2.31. The first-order valence-electron chi connectivity index (χ1n) is 10.0. The molecule has 0 spiro atoms. The van der Waals surface area contributed by atoms with Crippen molar-refractivity contribution >= 4 is 29.1 Å². The van der Waals surface area contributed by atoms with E-state index < -0.39 is 6.10 Å². The Hall–Kier alpha value is -3.31. The first kappa shape index (κ1) is 22.4. The maximum atomic E-state index is 12.7. The number of nitrogens with one attached hydrogen (secondary N) is 2. The Morgan fingerprint density at radius 1 is 0.968 bits per heavy atom. The summed E-state index contributed by atoms with van der Waals surface area (Å²) in [5.74, 6) is -0.0539. The van der Waals surface area contributed by atoms with E-state index in [-0.39, 0.29) is 11.8 Å². The van der Waals surface area contributed by atoms with Crippen molar-refractivity contribution in [3.8, 4) is 5.75 Å². The predicted octanol–water partition coefficient (Wildman–Crippen LogP) is 5.29. The quantitative estimate of drug-likeness (QED) is 0.528. The SMILES string of the molecule is Cc1cc(O[C@H](C)C(=O)Nc2ccccc2C(=O)NCc2ccccc2)cc(C)c1Cl. The normalized spacial score (nSPS) is 11.5. The van der Waals surface area contributed by atoms with Crippen molar-refractivity contribution < 1.29 is 14.3 Å². The highest BCUT2D eigenvalue weighted by molar-refractivity contribution is 6.32. The summed E-state index contributed by atoms with van der Waals surface area (Å²) in [6.45, 7) is 5.83. The van der Waals surface area contributed by atoms with Gasteiger partial charge in [0.15, 0.2) is 6.10 Å². The number of hydrogen-bond acceptors (Lipinski definition) is 3. The molecule has 0 saturated heterocycles. The van der Waals surface area contributed by atoms with Gasteiger partial charge < -0.3 is 15.4 Å². The zero-order valence-electron chi connectivity index (χ0n) is 17.7. The fourth-order valence-corrected chi connectivity index (χ4v) is 3.24. The molecule has 0 aliphatic heterocycles. The van der Waals surface area contributed by atoms with Gasteiger partial charge in [-0.3, -0.25) is 9.59 Å². The third kappa shape index (κ3) is 5.86. The average Bonchev–Trinajstić information content (AvgIpc) is 2.76. The zero-order chi connectivity index (χ0) is 22.4. The average molecular weight is 437 g/mol. The van der Waals surface area contributed by atoms with Crippen LogP contribution >= 0.6 is 11.6 Å². The minimum Gasteiger partial charge on any atom is -0.481 e. The van der Waals surface area contributed by atoms with Crippen LogP contribution in [-0.2, 0) is 11.3 Å². The van der Waals surface area contributed by atoms with Crippen molar-refractivity contribution in [2.45, 2.75) is 33.4 Å². The molecule has 0 saturated carbocycles. The molecule has 5 nitrogen and oxygen atoms in total.